The maximum absolute atomic E-state index is 12.9. The highest BCUT2D eigenvalue weighted by molar-refractivity contribution is 5.68. The van der Waals surface area contributed by atoms with E-state index in [0.29, 0.717) is 19.5 Å². The first kappa shape index (κ1) is 9.96. The zero-order chi connectivity index (χ0) is 10.8. The molecule has 0 aliphatic carbocycles. The summed E-state index contributed by atoms with van der Waals surface area (Å²) in [6.45, 7) is 1.09. The van der Waals surface area contributed by atoms with Gasteiger partial charge in [-0.15, -0.1) is 0 Å². The fourth-order valence-corrected chi connectivity index (χ4v) is 1.81. The summed E-state index contributed by atoms with van der Waals surface area (Å²) in [5.41, 5.74) is 1.98. The van der Waals surface area contributed by atoms with Gasteiger partial charge in [-0.1, -0.05) is 6.07 Å². The topological polar surface area (TPSA) is 29.5 Å². The number of carbonyl (C=O) groups excluding carboxylic acids is 1. The van der Waals surface area contributed by atoms with Gasteiger partial charge in [0.2, 0.25) is 0 Å². The van der Waals surface area contributed by atoms with E-state index in [1.807, 2.05) is 0 Å². The van der Waals surface area contributed by atoms with Crippen molar-refractivity contribution in [1.29, 1.82) is 0 Å². The number of fused-ring (bicyclic) bond motifs is 1. The van der Waals surface area contributed by atoms with E-state index in [0.717, 1.165) is 11.1 Å². The van der Waals surface area contributed by atoms with Gasteiger partial charge in [0.25, 0.3) is 0 Å². The standard InChI is InChI=1S/C11H12FNO2/c1-15-11(14)13-5-4-8-6-10(12)3-2-9(8)7-13/h2-3,6H,4-5,7H2,1H3. The van der Waals surface area contributed by atoms with Crippen LogP contribution in [0.4, 0.5) is 9.18 Å². The largest absolute Gasteiger partial charge is 0.453 e. The average molecular weight is 209 g/mol. The second-order valence-corrected chi connectivity index (χ2v) is 3.55. The minimum absolute atomic E-state index is 0.222. The highest BCUT2D eigenvalue weighted by atomic mass is 19.1. The van der Waals surface area contributed by atoms with Gasteiger partial charge in [-0.3, -0.25) is 0 Å². The summed E-state index contributed by atoms with van der Waals surface area (Å²) in [6, 6.07) is 4.67. The predicted octanol–water partition coefficient (Wildman–Crippen LogP) is 1.95. The molecule has 1 aliphatic heterocycles. The van der Waals surface area contributed by atoms with E-state index in [2.05, 4.69) is 4.74 Å². The van der Waals surface area contributed by atoms with Crippen LogP contribution in [0.5, 0.6) is 0 Å². The van der Waals surface area contributed by atoms with Crippen LogP contribution in [0.2, 0.25) is 0 Å². The fraction of sp³-hybridized carbons (Fsp3) is 0.364. The van der Waals surface area contributed by atoms with E-state index in [-0.39, 0.29) is 11.9 Å². The molecule has 0 saturated heterocycles. The Morgan fingerprint density at radius 2 is 2.27 bits per heavy atom. The third-order valence-corrected chi connectivity index (χ3v) is 2.61. The molecule has 1 aromatic rings. The van der Waals surface area contributed by atoms with Crippen molar-refractivity contribution >= 4 is 6.09 Å². The van der Waals surface area contributed by atoms with Crippen LogP contribution in [-0.4, -0.2) is 24.6 Å². The summed E-state index contributed by atoms with van der Waals surface area (Å²) in [4.78, 5) is 12.9. The lowest BCUT2D eigenvalue weighted by atomic mass is 10.00. The van der Waals surface area contributed by atoms with Gasteiger partial charge in [0, 0.05) is 13.1 Å². The lowest BCUT2D eigenvalue weighted by Gasteiger charge is -2.27. The van der Waals surface area contributed by atoms with E-state index in [4.69, 9.17) is 0 Å². The van der Waals surface area contributed by atoms with Crippen LogP contribution in [0.1, 0.15) is 11.1 Å². The summed E-state index contributed by atoms with van der Waals surface area (Å²) >= 11 is 0. The number of hydrogen-bond donors (Lipinski definition) is 0. The van der Waals surface area contributed by atoms with Gasteiger partial charge < -0.3 is 9.64 Å². The lowest BCUT2D eigenvalue weighted by Crippen LogP contribution is -2.35. The maximum Gasteiger partial charge on any atom is 0.409 e. The first-order valence-corrected chi connectivity index (χ1v) is 4.81. The summed E-state index contributed by atoms with van der Waals surface area (Å²) in [5.74, 6) is -0.222. The number of ether oxygens (including phenoxy) is 1. The van der Waals surface area contributed by atoms with Crippen molar-refractivity contribution in [3.05, 3.63) is 35.1 Å². The molecule has 0 atom stereocenters. The van der Waals surface area contributed by atoms with Gasteiger partial charge >= 0.3 is 6.09 Å². The van der Waals surface area contributed by atoms with Crippen LogP contribution < -0.4 is 0 Å². The van der Waals surface area contributed by atoms with E-state index < -0.39 is 0 Å². The molecule has 3 nitrogen and oxygen atoms in total. The Bertz CT molecular complexity index is 392. The second-order valence-electron chi connectivity index (χ2n) is 3.55. The zero-order valence-electron chi connectivity index (χ0n) is 8.50. The minimum atomic E-state index is -0.329. The molecule has 0 saturated carbocycles. The Labute approximate surface area is 87.5 Å². The SMILES string of the molecule is COC(=O)N1CCc2cc(F)ccc2C1. The third-order valence-electron chi connectivity index (χ3n) is 2.61. The highest BCUT2D eigenvalue weighted by Crippen LogP contribution is 2.20. The Hall–Kier alpha value is -1.58. The number of carbonyl (C=O) groups is 1. The third kappa shape index (κ3) is 1.93. The van der Waals surface area contributed by atoms with Crippen molar-refractivity contribution in [3.63, 3.8) is 0 Å². The van der Waals surface area contributed by atoms with Gasteiger partial charge in [0.05, 0.1) is 7.11 Å². The normalized spacial score (nSPS) is 14.7. The number of hydrogen-bond acceptors (Lipinski definition) is 2. The van der Waals surface area contributed by atoms with Crippen molar-refractivity contribution < 1.29 is 13.9 Å². The quantitative estimate of drug-likeness (QED) is 0.653. The van der Waals surface area contributed by atoms with Gasteiger partial charge in [-0.05, 0) is 29.7 Å². The number of halogens is 1. The fourth-order valence-electron chi connectivity index (χ4n) is 1.81. The minimum Gasteiger partial charge on any atom is -0.453 e. The van der Waals surface area contributed by atoms with Gasteiger partial charge in [0.1, 0.15) is 5.82 Å². The molecule has 1 heterocycles. The predicted molar refractivity (Wildman–Crippen MR) is 52.9 cm³/mol. The number of nitrogens with zero attached hydrogens (tertiary/aromatic N) is 1. The van der Waals surface area contributed by atoms with Crippen LogP contribution in [0.25, 0.3) is 0 Å². The summed E-state index contributed by atoms with van der Waals surface area (Å²) in [5, 5.41) is 0. The number of methoxy groups -OCH3 is 1. The van der Waals surface area contributed by atoms with Crippen molar-refractivity contribution in [2.45, 2.75) is 13.0 Å². The average Bonchev–Trinajstić information content (AvgIpc) is 2.27. The van der Waals surface area contributed by atoms with Gasteiger partial charge in [0.15, 0.2) is 0 Å². The Morgan fingerprint density at radius 1 is 1.47 bits per heavy atom. The van der Waals surface area contributed by atoms with Crippen molar-refractivity contribution in [2.24, 2.45) is 0 Å². The Kier molecular flexibility index (Phi) is 2.58. The Morgan fingerprint density at radius 3 is 3.00 bits per heavy atom. The van der Waals surface area contributed by atoms with Crippen molar-refractivity contribution in [2.75, 3.05) is 13.7 Å². The molecule has 1 amide bonds. The summed E-state index contributed by atoms with van der Waals surface area (Å²) < 4.78 is 17.6. The molecule has 0 aromatic heterocycles. The molecule has 0 spiro atoms. The molecule has 80 valence electrons. The van der Waals surface area contributed by atoms with E-state index in [1.165, 1.54) is 19.2 Å². The molecule has 1 aromatic carbocycles. The number of benzene rings is 1. The smallest absolute Gasteiger partial charge is 0.409 e. The molecule has 4 heteroatoms. The van der Waals surface area contributed by atoms with Crippen LogP contribution >= 0.6 is 0 Å². The molecule has 1 aliphatic rings. The first-order valence-electron chi connectivity index (χ1n) is 4.81. The maximum atomic E-state index is 12.9. The van der Waals surface area contributed by atoms with Crippen molar-refractivity contribution in [3.8, 4) is 0 Å². The molecular weight excluding hydrogens is 197 g/mol. The van der Waals surface area contributed by atoms with Crippen LogP contribution in [0, 0.1) is 5.82 Å². The van der Waals surface area contributed by atoms with Gasteiger partial charge in [-0.2, -0.15) is 0 Å². The molecule has 0 radical (unpaired) electrons. The molecule has 0 bridgehead atoms. The molecule has 0 unspecified atom stereocenters. The van der Waals surface area contributed by atoms with Crippen LogP contribution in [0.3, 0.4) is 0 Å². The molecule has 2 rings (SSSR count). The Balaban J connectivity index is 2.20. The second kappa shape index (κ2) is 3.88. The first-order chi connectivity index (χ1) is 7.20. The zero-order valence-corrected chi connectivity index (χ0v) is 8.50. The van der Waals surface area contributed by atoms with Gasteiger partial charge in [-0.25, -0.2) is 9.18 Å². The van der Waals surface area contributed by atoms with Crippen LogP contribution in [-0.2, 0) is 17.7 Å². The number of rotatable bonds is 0. The monoisotopic (exact) mass is 209 g/mol. The molecular formula is C11H12FNO2. The van der Waals surface area contributed by atoms with E-state index in [9.17, 15) is 9.18 Å². The lowest BCUT2D eigenvalue weighted by molar-refractivity contribution is 0.118. The van der Waals surface area contributed by atoms with Crippen molar-refractivity contribution in [1.82, 2.24) is 4.90 Å². The van der Waals surface area contributed by atoms with Crippen LogP contribution in [0.15, 0.2) is 18.2 Å². The summed E-state index contributed by atoms with van der Waals surface area (Å²) in [6.07, 6.45) is 0.354. The highest BCUT2D eigenvalue weighted by Gasteiger charge is 2.20. The number of amides is 1. The molecule has 15 heavy (non-hydrogen) atoms. The molecule has 0 fully saturated rings. The van der Waals surface area contributed by atoms with E-state index in [1.54, 1.807) is 11.0 Å². The summed E-state index contributed by atoms with van der Waals surface area (Å²) in [7, 11) is 1.36. The molecule has 0 N–H and O–H groups in total. The van der Waals surface area contributed by atoms with E-state index >= 15 is 0 Å².